The summed E-state index contributed by atoms with van der Waals surface area (Å²) in [5.41, 5.74) is 2.95. The van der Waals surface area contributed by atoms with Crippen molar-refractivity contribution in [2.45, 2.75) is 38.3 Å². The van der Waals surface area contributed by atoms with Gasteiger partial charge in [-0.15, -0.1) is 0 Å². The molecular weight excluding hydrogens is 412 g/mol. The minimum Gasteiger partial charge on any atom is -0.468 e. The van der Waals surface area contributed by atoms with Crippen molar-refractivity contribution in [3.05, 3.63) is 95.6 Å². The number of aryl methyl sites for hydroxylation is 2. The number of nitrogens with zero attached hydrogens (tertiary/aromatic N) is 2. The van der Waals surface area contributed by atoms with Crippen molar-refractivity contribution in [3.8, 4) is 11.3 Å². The maximum Gasteiger partial charge on any atom is 0.244 e. The summed E-state index contributed by atoms with van der Waals surface area (Å²) < 4.78 is 40.1. The van der Waals surface area contributed by atoms with E-state index < -0.39 is 16.1 Å². The van der Waals surface area contributed by atoms with Crippen LogP contribution in [0.15, 0.2) is 86.8 Å². The summed E-state index contributed by atoms with van der Waals surface area (Å²) in [5.74, 6) is 1.11. The van der Waals surface area contributed by atoms with Crippen molar-refractivity contribution in [2.75, 3.05) is 0 Å². The number of hydrogen-bond acceptors (Lipinski definition) is 5. The van der Waals surface area contributed by atoms with Crippen LogP contribution in [-0.2, 0) is 16.6 Å². The fraction of sp³-hybridized carbons (Fsp3) is 0.208. The minimum atomic E-state index is -3.87. The van der Waals surface area contributed by atoms with Crippen LogP contribution in [0.2, 0.25) is 0 Å². The maximum absolute atomic E-state index is 13.9. The van der Waals surface area contributed by atoms with Crippen LogP contribution in [0.3, 0.4) is 0 Å². The van der Waals surface area contributed by atoms with E-state index in [2.05, 4.69) is 5.16 Å². The Morgan fingerprint density at radius 1 is 1.00 bits per heavy atom. The van der Waals surface area contributed by atoms with E-state index in [0.717, 1.165) is 11.3 Å². The molecular formula is C24H24N2O4S. The molecule has 0 amide bonds. The molecule has 2 heterocycles. The molecule has 0 aliphatic heterocycles. The van der Waals surface area contributed by atoms with E-state index in [1.54, 1.807) is 43.5 Å². The van der Waals surface area contributed by atoms with Crippen molar-refractivity contribution < 1.29 is 17.4 Å². The zero-order valence-corrected chi connectivity index (χ0v) is 18.5. The molecule has 0 aliphatic carbocycles. The monoisotopic (exact) mass is 436 g/mol. The third kappa shape index (κ3) is 4.33. The molecule has 4 rings (SSSR count). The van der Waals surface area contributed by atoms with Crippen molar-refractivity contribution >= 4 is 10.0 Å². The fourth-order valence-electron chi connectivity index (χ4n) is 3.54. The Balaban J connectivity index is 1.80. The summed E-state index contributed by atoms with van der Waals surface area (Å²) in [6, 6.07) is 19.8. The molecule has 0 radical (unpaired) electrons. The van der Waals surface area contributed by atoms with Crippen molar-refractivity contribution in [3.63, 3.8) is 0 Å². The first kappa shape index (κ1) is 21.1. The second kappa shape index (κ2) is 8.53. The highest BCUT2D eigenvalue weighted by Crippen LogP contribution is 2.33. The Kier molecular flexibility index (Phi) is 5.80. The van der Waals surface area contributed by atoms with E-state index in [4.69, 9.17) is 8.94 Å². The fourth-order valence-corrected chi connectivity index (χ4v) is 5.38. The van der Waals surface area contributed by atoms with Crippen molar-refractivity contribution in [1.29, 1.82) is 0 Å². The molecule has 6 nitrogen and oxygen atoms in total. The molecule has 7 heteroatoms. The Morgan fingerprint density at radius 3 is 2.42 bits per heavy atom. The topological polar surface area (TPSA) is 76.6 Å². The Morgan fingerprint density at radius 2 is 1.77 bits per heavy atom. The highest BCUT2D eigenvalue weighted by atomic mass is 32.2. The van der Waals surface area contributed by atoms with Gasteiger partial charge in [-0.3, -0.25) is 0 Å². The minimum absolute atomic E-state index is 0.122. The van der Waals surface area contributed by atoms with Crippen LogP contribution in [0.4, 0.5) is 0 Å². The SMILES string of the molecule is Cc1cc(-c2ccc(C)c(S(=O)(=O)N(Cc3ccco3)[C@@H](C)c3ccccc3)c2)on1. The molecule has 0 aliphatic rings. The lowest BCUT2D eigenvalue weighted by atomic mass is 10.1. The van der Waals surface area contributed by atoms with Gasteiger partial charge in [-0.2, -0.15) is 4.31 Å². The van der Waals surface area contributed by atoms with Crippen LogP contribution in [0.1, 0.15) is 35.5 Å². The van der Waals surface area contributed by atoms with Gasteiger partial charge in [0.25, 0.3) is 0 Å². The predicted molar refractivity (Wildman–Crippen MR) is 118 cm³/mol. The predicted octanol–water partition coefficient (Wildman–Crippen LogP) is 5.50. The second-order valence-electron chi connectivity index (χ2n) is 7.53. The van der Waals surface area contributed by atoms with E-state index in [9.17, 15) is 8.42 Å². The van der Waals surface area contributed by atoms with Gasteiger partial charge in [0.2, 0.25) is 10.0 Å². The average Bonchev–Trinajstić information content (AvgIpc) is 3.44. The lowest BCUT2D eigenvalue weighted by Crippen LogP contribution is -2.33. The standard InChI is InChI=1S/C24H24N2O4S/c1-17-11-12-21(23-14-18(2)25-30-23)15-24(17)31(27,28)26(16-22-10-7-13-29-22)19(3)20-8-5-4-6-9-20/h4-15,19H,16H2,1-3H3/t19-/m0/s1. The quantitative estimate of drug-likeness (QED) is 0.382. The molecule has 0 saturated heterocycles. The summed E-state index contributed by atoms with van der Waals surface area (Å²) in [5, 5.41) is 3.91. The second-order valence-corrected chi connectivity index (χ2v) is 9.39. The van der Waals surface area contributed by atoms with Gasteiger partial charge in [-0.05, 0) is 50.1 Å². The highest BCUT2D eigenvalue weighted by Gasteiger charge is 2.32. The van der Waals surface area contributed by atoms with Gasteiger partial charge in [0.1, 0.15) is 5.76 Å². The lowest BCUT2D eigenvalue weighted by Gasteiger charge is -2.29. The van der Waals surface area contributed by atoms with E-state index >= 15 is 0 Å². The number of rotatable bonds is 7. The number of hydrogen-bond donors (Lipinski definition) is 0. The third-order valence-corrected chi connectivity index (χ3v) is 7.35. The molecule has 31 heavy (non-hydrogen) atoms. The van der Waals surface area contributed by atoms with E-state index in [1.165, 1.54) is 4.31 Å². The van der Waals surface area contributed by atoms with Crippen molar-refractivity contribution in [1.82, 2.24) is 9.46 Å². The Labute approximate surface area is 182 Å². The zero-order chi connectivity index (χ0) is 22.0. The summed E-state index contributed by atoms with van der Waals surface area (Å²) in [6.45, 7) is 5.62. The number of furan rings is 1. The molecule has 1 atom stereocenters. The molecule has 0 fully saturated rings. The van der Waals surface area contributed by atoms with Gasteiger partial charge in [0.05, 0.1) is 23.4 Å². The van der Waals surface area contributed by atoms with Gasteiger partial charge >= 0.3 is 0 Å². The maximum atomic E-state index is 13.9. The summed E-state index contributed by atoms with van der Waals surface area (Å²) in [7, 11) is -3.87. The van der Waals surface area contributed by atoms with Crippen molar-refractivity contribution in [2.24, 2.45) is 0 Å². The third-order valence-electron chi connectivity index (χ3n) is 5.29. The number of benzene rings is 2. The van der Waals surface area contributed by atoms with Gasteiger partial charge in [0, 0.05) is 17.7 Å². The van der Waals surface area contributed by atoms with Gasteiger partial charge in [-0.25, -0.2) is 8.42 Å². The average molecular weight is 437 g/mol. The summed E-state index contributed by atoms with van der Waals surface area (Å²) >= 11 is 0. The van der Waals surface area contributed by atoms with Crippen LogP contribution >= 0.6 is 0 Å². The molecule has 4 aromatic rings. The van der Waals surface area contributed by atoms with Gasteiger partial charge < -0.3 is 8.94 Å². The molecule has 160 valence electrons. The normalized spacial score (nSPS) is 12.9. The van der Waals surface area contributed by atoms with Crippen LogP contribution in [0.5, 0.6) is 0 Å². The van der Waals surface area contributed by atoms with Crippen LogP contribution in [-0.4, -0.2) is 17.9 Å². The molecule has 0 saturated carbocycles. The van der Waals surface area contributed by atoms with Crippen LogP contribution in [0, 0.1) is 13.8 Å². The Hall–Kier alpha value is -3.16. The summed E-state index contributed by atoms with van der Waals surface area (Å²) in [4.78, 5) is 0.230. The largest absolute Gasteiger partial charge is 0.468 e. The first-order valence-electron chi connectivity index (χ1n) is 10.00. The first-order chi connectivity index (χ1) is 14.9. The van der Waals surface area contributed by atoms with Gasteiger partial charge in [-0.1, -0.05) is 47.6 Å². The van der Waals surface area contributed by atoms with E-state index in [0.29, 0.717) is 22.6 Å². The smallest absolute Gasteiger partial charge is 0.244 e. The van der Waals surface area contributed by atoms with Gasteiger partial charge in [0.15, 0.2) is 5.76 Å². The molecule has 0 bridgehead atoms. The van der Waals surface area contributed by atoms with Crippen LogP contribution in [0.25, 0.3) is 11.3 Å². The lowest BCUT2D eigenvalue weighted by molar-refractivity contribution is 0.307. The molecule has 2 aromatic heterocycles. The summed E-state index contributed by atoms with van der Waals surface area (Å²) in [6.07, 6.45) is 1.55. The molecule has 0 unspecified atom stereocenters. The van der Waals surface area contributed by atoms with E-state index in [1.807, 2.05) is 50.2 Å². The molecule has 2 aromatic carbocycles. The zero-order valence-electron chi connectivity index (χ0n) is 17.6. The molecule has 0 spiro atoms. The molecule has 0 N–H and O–H groups in total. The Bertz CT molecular complexity index is 1260. The van der Waals surface area contributed by atoms with Crippen LogP contribution < -0.4 is 0 Å². The first-order valence-corrected chi connectivity index (χ1v) is 11.4. The van der Waals surface area contributed by atoms with E-state index in [-0.39, 0.29) is 11.4 Å². The number of sulfonamides is 1. The highest BCUT2D eigenvalue weighted by molar-refractivity contribution is 7.89. The number of aromatic nitrogens is 1.